The van der Waals surface area contributed by atoms with Crippen molar-refractivity contribution in [3.8, 4) is 0 Å². The van der Waals surface area contributed by atoms with Crippen LogP contribution < -0.4 is 5.73 Å². The summed E-state index contributed by atoms with van der Waals surface area (Å²) in [5.41, 5.74) is 5.56. The van der Waals surface area contributed by atoms with Gasteiger partial charge in [0.2, 0.25) is 0 Å². The largest absolute Gasteiger partial charge is 0.493 e. The molecule has 1 aliphatic heterocycles. The van der Waals surface area contributed by atoms with Crippen molar-refractivity contribution in [1.82, 2.24) is 0 Å². The zero-order chi connectivity index (χ0) is 10.8. The molecule has 1 aliphatic rings. The minimum atomic E-state index is -4.14. The number of nitrogens with two attached hydrogens (primary N) is 1. The molecule has 0 bridgehead atoms. The molecule has 0 aromatic carbocycles. The summed E-state index contributed by atoms with van der Waals surface area (Å²) in [6.07, 6.45) is -2.56. The van der Waals surface area contributed by atoms with E-state index < -0.39 is 18.6 Å². The van der Waals surface area contributed by atoms with E-state index in [0.29, 0.717) is 5.76 Å². The molecule has 1 heterocycles. The number of rotatable bonds is 3. The number of hydrogen-bond donors (Lipinski definition) is 1. The fourth-order valence-corrected chi connectivity index (χ4v) is 1.31. The van der Waals surface area contributed by atoms with Crippen molar-refractivity contribution in [3.63, 3.8) is 0 Å². The number of halogens is 3. The smallest absolute Gasteiger partial charge is 0.389 e. The number of ether oxygens (including phenoxy) is 1. The Hall–Kier alpha value is -0.710. The third-order valence-electron chi connectivity index (χ3n) is 2.09. The van der Waals surface area contributed by atoms with Gasteiger partial charge in [0.25, 0.3) is 0 Å². The molecule has 0 aliphatic carbocycles. The van der Waals surface area contributed by atoms with Crippen LogP contribution in [0.15, 0.2) is 11.8 Å². The highest BCUT2D eigenvalue weighted by atomic mass is 19.4. The first-order valence-electron chi connectivity index (χ1n) is 4.57. The molecule has 0 saturated carbocycles. The van der Waals surface area contributed by atoms with E-state index >= 15 is 0 Å². The van der Waals surface area contributed by atoms with E-state index in [1.165, 1.54) is 0 Å². The van der Waals surface area contributed by atoms with Crippen LogP contribution in [-0.4, -0.2) is 18.3 Å². The van der Waals surface area contributed by atoms with Gasteiger partial charge in [0.05, 0.1) is 12.1 Å². The topological polar surface area (TPSA) is 35.2 Å². The summed E-state index contributed by atoms with van der Waals surface area (Å²) < 4.78 is 40.8. The first kappa shape index (κ1) is 11.4. The predicted octanol–water partition coefficient (Wildman–Crippen LogP) is 2.35. The van der Waals surface area contributed by atoms with Gasteiger partial charge in [-0.3, -0.25) is 0 Å². The molecule has 5 heteroatoms. The summed E-state index contributed by atoms with van der Waals surface area (Å²) in [7, 11) is 0. The molecule has 2 unspecified atom stereocenters. The fourth-order valence-electron chi connectivity index (χ4n) is 1.31. The Morgan fingerprint density at radius 1 is 1.64 bits per heavy atom. The molecular weight excluding hydrogens is 195 g/mol. The van der Waals surface area contributed by atoms with E-state index in [9.17, 15) is 13.2 Å². The first-order chi connectivity index (χ1) is 6.38. The summed E-state index contributed by atoms with van der Waals surface area (Å²) in [5, 5.41) is 0. The zero-order valence-electron chi connectivity index (χ0n) is 7.97. The van der Waals surface area contributed by atoms with Crippen molar-refractivity contribution in [2.24, 2.45) is 5.73 Å². The molecule has 2 nitrogen and oxygen atoms in total. The van der Waals surface area contributed by atoms with Gasteiger partial charge in [-0.25, -0.2) is 0 Å². The molecule has 0 spiro atoms. The van der Waals surface area contributed by atoms with E-state index in [1.807, 2.05) is 6.92 Å². The van der Waals surface area contributed by atoms with Gasteiger partial charge in [-0.1, -0.05) is 0 Å². The normalized spacial score (nSPS) is 24.4. The van der Waals surface area contributed by atoms with Crippen LogP contribution in [0.4, 0.5) is 13.2 Å². The summed E-state index contributed by atoms with van der Waals surface area (Å²) in [6, 6.07) is -0.624. The Labute approximate surface area is 80.9 Å². The van der Waals surface area contributed by atoms with E-state index in [-0.39, 0.29) is 12.5 Å². The van der Waals surface area contributed by atoms with Crippen molar-refractivity contribution < 1.29 is 17.9 Å². The predicted molar refractivity (Wildman–Crippen MR) is 46.5 cm³/mol. The Bertz CT molecular complexity index is 225. The van der Waals surface area contributed by atoms with Crippen LogP contribution in [0.1, 0.15) is 26.2 Å². The molecule has 0 fully saturated rings. The van der Waals surface area contributed by atoms with E-state index in [4.69, 9.17) is 10.5 Å². The Morgan fingerprint density at radius 3 is 2.71 bits per heavy atom. The second kappa shape index (κ2) is 4.21. The molecule has 0 aromatic heterocycles. The highest BCUT2D eigenvalue weighted by Gasteiger charge is 2.29. The first-order valence-corrected chi connectivity index (χ1v) is 4.57. The van der Waals surface area contributed by atoms with Gasteiger partial charge in [-0.2, -0.15) is 13.2 Å². The van der Waals surface area contributed by atoms with Crippen molar-refractivity contribution >= 4 is 0 Å². The molecule has 2 N–H and O–H groups in total. The second-order valence-corrected chi connectivity index (χ2v) is 3.53. The van der Waals surface area contributed by atoms with Crippen LogP contribution in [-0.2, 0) is 4.74 Å². The minimum Gasteiger partial charge on any atom is -0.493 e. The van der Waals surface area contributed by atoms with Gasteiger partial charge >= 0.3 is 6.18 Å². The minimum absolute atomic E-state index is 0.0435. The van der Waals surface area contributed by atoms with Crippen molar-refractivity contribution in [1.29, 1.82) is 0 Å². The maximum Gasteiger partial charge on any atom is 0.389 e. The van der Waals surface area contributed by atoms with Crippen LogP contribution >= 0.6 is 0 Å². The monoisotopic (exact) mass is 209 g/mol. The van der Waals surface area contributed by atoms with E-state index in [0.717, 1.165) is 6.42 Å². The molecule has 0 saturated heterocycles. The number of hydrogen-bond acceptors (Lipinski definition) is 2. The third kappa shape index (κ3) is 3.57. The SMILES string of the molecule is CC1CC=C(C(N)CCC(F)(F)F)O1. The standard InChI is InChI=1S/C9H14F3NO/c1-6-2-3-8(14-6)7(13)4-5-9(10,11)12/h3,6-7H,2,4-5,13H2,1H3. The van der Waals surface area contributed by atoms with Gasteiger partial charge in [0.15, 0.2) is 0 Å². The molecule has 14 heavy (non-hydrogen) atoms. The molecule has 2 atom stereocenters. The van der Waals surface area contributed by atoms with Crippen LogP contribution in [0, 0.1) is 0 Å². The van der Waals surface area contributed by atoms with E-state index in [2.05, 4.69) is 0 Å². The highest BCUT2D eigenvalue weighted by molar-refractivity contribution is 5.07. The van der Waals surface area contributed by atoms with Crippen molar-refractivity contribution in [2.75, 3.05) is 0 Å². The van der Waals surface area contributed by atoms with Crippen molar-refractivity contribution in [3.05, 3.63) is 11.8 Å². The van der Waals surface area contributed by atoms with Gasteiger partial charge in [0, 0.05) is 12.8 Å². The highest BCUT2D eigenvalue weighted by Crippen LogP contribution is 2.26. The molecular formula is C9H14F3NO. The maximum absolute atomic E-state index is 11.9. The van der Waals surface area contributed by atoms with Gasteiger partial charge in [-0.05, 0) is 19.4 Å². The lowest BCUT2D eigenvalue weighted by Crippen LogP contribution is -2.26. The third-order valence-corrected chi connectivity index (χ3v) is 2.09. The molecule has 1 rings (SSSR count). The zero-order valence-corrected chi connectivity index (χ0v) is 7.97. The van der Waals surface area contributed by atoms with Gasteiger partial charge in [0.1, 0.15) is 5.76 Å². The Morgan fingerprint density at radius 2 is 2.29 bits per heavy atom. The lowest BCUT2D eigenvalue weighted by atomic mass is 10.1. The maximum atomic E-state index is 11.9. The summed E-state index contributed by atoms with van der Waals surface area (Å²) >= 11 is 0. The van der Waals surface area contributed by atoms with E-state index in [1.54, 1.807) is 6.08 Å². The van der Waals surface area contributed by atoms with Crippen LogP contribution in [0.25, 0.3) is 0 Å². The van der Waals surface area contributed by atoms with Gasteiger partial charge < -0.3 is 10.5 Å². The average molecular weight is 209 g/mol. The Balaban J connectivity index is 2.32. The van der Waals surface area contributed by atoms with Crippen LogP contribution in [0.2, 0.25) is 0 Å². The lowest BCUT2D eigenvalue weighted by molar-refractivity contribution is -0.136. The quantitative estimate of drug-likeness (QED) is 0.774. The van der Waals surface area contributed by atoms with Crippen LogP contribution in [0.3, 0.4) is 0 Å². The molecule has 0 radical (unpaired) electrons. The van der Waals surface area contributed by atoms with Crippen molar-refractivity contribution in [2.45, 2.75) is 44.5 Å². The fraction of sp³-hybridized carbons (Fsp3) is 0.778. The number of alkyl halides is 3. The Kier molecular flexibility index (Phi) is 3.42. The summed E-state index contributed by atoms with van der Waals surface area (Å²) in [4.78, 5) is 0. The summed E-state index contributed by atoms with van der Waals surface area (Å²) in [5.74, 6) is 0.502. The molecule has 0 aromatic rings. The van der Waals surface area contributed by atoms with Crippen LogP contribution in [0.5, 0.6) is 0 Å². The summed E-state index contributed by atoms with van der Waals surface area (Å²) in [6.45, 7) is 1.86. The van der Waals surface area contributed by atoms with Gasteiger partial charge in [-0.15, -0.1) is 0 Å². The lowest BCUT2D eigenvalue weighted by Gasteiger charge is -2.16. The second-order valence-electron chi connectivity index (χ2n) is 3.53. The molecule has 82 valence electrons. The molecule has 0 amide bonds. The average Bonchev–Trinajstić information content (AvgIpc) is 2.46.